The van der Waals surface area contributed by atoms with Crippen LogP contribution in [-0.2, 0) is 24.2 Å². The van der Waals surface area contributed by atoms with Gasteiger partial charge in [-0.05, 0) is 37.2 Å². The predicted molar refractivity (Wildman–Crippen MR) is 83.8 cm³/mol. The Hall–Kier alpha value is -1.12. The van der Waals surface area contributed by atoms with Crippen LogP contribution in [0.5, 0.6) is 0 Å². The van der Waals surface area contributed by atoms with Crippen molar-refractivity contribution in [3.05, 3.63) is 17.5 Å². The van der Waals surface area contributed by atoms with Crippen molar-refractivity contribution in [3.8, 4) is 0 Å². The van der Waals surface area contributed by atoms with E-state index in [0.717, 1.165) is 30.8 Å². The first-order chi connectivity index (χ1) is 9.25. The summed E-state index contributed by atoms with van der Waals surface area (Å²) in [6, 6.07) is 2.08. The van der Waals surface area contributed by atoms with Crippen molar-refractivity contribution in [1.82, 2.24) is 9.78 Å². The molecule has 0 bridgehead atoms. The van der Waals surface area contributed by atoms with E-state index in [4.69, 9.17) is 0 Å². The van der Waals surface area contributed by atoms with Gasteiger partial charge in [0.2, 0.25) is 0 Å². The van der Waals surface area contributed by atoms with Gasteiger partial charge < -0.3 is 0 Å². The fourth-order valence-corrected chi connectivity index (χ4v) is 2.88. The summed E-state index contributed by atoms with van der Waals surface area (Å²) in [7, 11) is 0. The van der Waals surface area contributed by atoms with Crippen molar-refractivity contribution >= 4 is 5.78 Å². The molecule has 0 N–H and O–H groups in total. The second-order valence-electron chi connectivity index (χ2n) is 7.09. The van der Waals surface area contributed by atoms with Gasteiger partial charge in [0.15, 0.2) is 0 Å². The molecule has 0 aliphatic carbocycles. The third-order valence-electron chi connectivity index (χ3n) is 3.49. The average Bonchev–Trinajstić information content (AvgIpc) is 2.68. The lowest BCUT2D eigenvalue weighted by Gasteiger charge is -2.22. The minimum absolute atomic E-state index is 0.292. The first kappa shape index (κ1) is 16.9. The molecule has 0 amide bonds. The van der Waals surface area contributed by atoms with Crippen molar-refractivity contribution in [3.63, 3.8) is 0 Å². The van der Waals surface area contributed by atoms with E-state index in [0.29, 0.717) is 30.0 Å². The Morgan fingerprint density at radius 2 is 2.00 bits per heavy atom. The molecule has 20 heavy (non-hydrogen) atoms. The van der Waals surface area contributed by atoms with E-state index in [1.165, 1.54) is 0 Å². The minimum atomic E-state index is 0.292. The van der Waals surface area contributed by atoms with Crippen molar-refractivity contribution < 1.29 is 4.79 Å². The first-order valence-corrected chi connectivity index (χ1v) is 7.82. The highest BCUT2D eigenvalue weighted by Crippen LogP contribution is 2.26. The number of nitrogens with zero attached hydrogens (tertiary/aromatic N) is 2. The van der Waals surface area contributed by atoms with E-state index < -0.39 is 0 Å². The molecule has 0 fully saturated rings. The molecule has 1 heterocycles. The maximum Gasteiger partial charge on any atom is 0.139 e. The van der Waals surface area contributed by atoms with E-state index >= 15 is 0 Å². The lowest BCUT2D eigenvalue weighted by Crippen LogP contribution is -2.16. The number of rotatable bonds is 7. The van der Waals surface area contributed by atoms with Gasteiger partial charge in [0, 0.05) is 25.1 Å². The van der Waals surface area contributed by atoms with Gasteiger partial charge in [-0.15, -0.1) is 0 Å². The number of carbonyl (C=O) groups excluding carboxylic acids is 1. The van der Waals surface area contributed by atoms with Crippen LogP contribution >= 0.6 is 0 Å². The number of aryl methyl sites for hydroxylation is 2. The molecule has 1 aromatic heterocycles. The number of carbonyl (C=O) groups is 1. The fourth-order valence-electron chi connectivity index (χ4n) is 2.88. The average molecular weight is 278 g/mol. The molecule has 0 aliphatic rings. The Morgan fingerprint density at radius 1 is 1.35 bits per heavy atom. The number of aromatic nitrogens is 2. The molecule has 3 nitrogen and oxygen atoms in total. The molecule has 3 heteroatoms. The number of hydrogen-bond acceptors (Lipinski definition) is 2. The van der Waals surface area contributed by atoms with Crippen LogP contribution in [0.4, 0.5) is 0 Å². The van der Waals surface area contributed by atoms with Gasteiger partial charge in [-0.25, -0.2) is 0 Å². The van der Waals surface area contributed by atoms with Crippen LogP contribution in [0.25, 0.3) is 0 Å². The van der Waals surface area contributed by atoms with Crippen molar-refractivity contribution in [2.24, 2.45) is 11.3 Å². The van der Waals surface area contributed by atoms with E-state index in [2.05, 4.69) is 52.7 Å². The molecule has 1 aromatic rings. The SMILES string of the molecule is CCc1cc(CC(=O)CC(C)CC(C)(C)C)n(CC)n1. The van der Waals surface area contributed by atoms with Crippen molar-refractivity contribution in [1.29, 1.82) is 0 Å². The smallest absolute Gasteiger partial charge is 0.139 e. The number of Topliss-reactive ketones (excluding diaryl/α,β-unsaturated/α-hetero) is 1. The highest BCUT2D eigenvalue weighted by molar-refractivity contribution is 5.80. The third kappa shape index (κ3) is 5.48. The maximum atomic E-state index is 12.2. The van der Waals surface area contributed by atoms with Gasteiger partial charge >= 0.3 is 0 Å². The normalized spacial score (nSPS) is 13.5. The van der Waals surface area contributed by atoms with Crippen LogP contribution in [0.1, 0.15) is 65.8 Å². The minimum Gasteiger partial charge on any atom is -0.299 e. The summed E-state index contributed by atoms with van der Waals surface area (Å²) >= 11 is 0. The van der Waals surface area contributed by atoms with Gasteiger partial charge in [0.05, 0.1) is 5.69 Å². The summed E-state index contributed by atoms with van der Waals surface area (Å²) in [5.41, 5.74) is 2.44. The lowest BCUT2D eigenvalue weighted by atomic mass is 9.83. The van der Waals surface area contributed by atoms with E-state index in [-0.39, 0.29) is 0 Å². The Kier molecular flexibility index (Phi) is 5.97. The fraction of sp³-hybridized carbons (Fsp3) is 0.765. The molecule has 0 spiro atoms. The van der Waals surface area contributed by atoms with Crippen molar-refractivity contribution in [2.45, 2.75) is 73.8 Å². The van der Waals surface area contributed by atoms with Crippen LogP contribution < -0.4 is 0 Å². The van der Waals surface area contributed by atoms with E-state index in [9.17, 15) is 4.79 Å². The van der Waals surface area contributed by atoms with E-state index in [1.807, 2.05) is 4.68 Å². The summed E-state index contributed by atoms with van der Waals surface area (Å²) in [5.74, 6) is 0.783. The summed E-state index contributed by atoms with van der Waals surface area (Å²) in [4.78, 5) is 12.2. The van der Waals surface area contributed by atoms with Crippen LogP contribution in [-0.4, -0.2) is 15.6 Å². The molecule has 0 saturated carbocycles. The third-order valence-corrected chi connectivity index (χ3v) is 3.49. The molecular formula is C17H30N2O. The van der Waals surface area contributed by atoms with Crippen LogP contribution in [0.15, 0.2) is 6.07 Å². The summed E-state index contributed by atoms with van der Waals surface area (Å²) in [5, 5.41) is 4.50. The quantitative estimate of drug-likeness (QED) is 0.754. The Bertz CT molecular complexity index is 440. The summed E-state index contributed by atoms with van der Waals surface area (Å²) < 4.78 is 1.96. The van der Waals surface area contributed by atoms with Gasteiger partial charge in [-0.3, -0.25) is 9.48 Å². The zero-order valence-corrected chi connectivity index (χ0v) is 14.0. The van der Waals surface area contributed by atoms with Crippen LogP contribution in [0, 0.1) is 11.3 Å². The molecule has 114 valence electrons. The van der Waals surface area contributed by atoms with Gasteiger partial charge in [0.1, 0.15) is 5.78 Å². The van der Waals surface area contributed by atoms with Gasteiger partial charge in [0.25, 0.3) is 0 Å². The monoisotopic (exact) mass is 278 g/mol. The summed E-state index contributed by atoms with van der Waals surface area (Å²) in [6.07, 6.45) is 3.21. The molecule has 0 aliphatic heterocycles. The molecule has 1 unspecified atom stereocenters. The Balaban J connectivity index is 2.60. The largest absolute Gasteiger partial charge is 0.299 e. The topological polar surface area (TPSA) is 34.9 Å². The second kappa shape index (κ2) is 7.05. The van der Waals surface area contributed by atoms with Crippen LogP contribution in [0.2, 0.25) is 0 Å². The zero-order valence-electron chi connectivity index (χ0n) is 14.0. The standard InChI is InChI=1S/C17H30N2O/c1-7-14-10-15(19(8-2)18-14)11-16(20)9-13(3)12-17(4,5)6/h10,13H,7-9,11-12H2,1-6H3. The lowest BCUT2D eigenvalue weighted by molar-refractivity contribution is -0.119. The maximum absolute atomic E-state index is 12.2. The second-order valence-corrected chi connectivity index (χ2v) is 7.09. The highest BCUT2D eigenvalue weighted by atomic mass is 16.1. The zero-order chi connectivity index (χ0) is 15.3. The first-order valence-electron chi connectivity index (χ1n) is 7.82. The van der Waals surface area contributed by atoms with Gasteiger partial charge in [-0.1, -0.05) is 34.6 Å². The van der Waals surface area contributed by atoms with Gasteiger partial charge in [-0.2, -0.15) is 5.10 Å². The molecule has 1 atom stereocenters. The molecule has 0 saturated heterocycles. The van der Waals surface area contributed by atoms with Crippen molar-refractivity contribution in [2.75, 3.05) is 0 Å². The number of hydrogen-bond donors (Lipinski definition) is 0. The highest BCUT2D eigenvalue weighted by Gasteiger charge is 2.19. The molecule has 0 radical (unpaired) electrons. The van der Waals surface area contributed by atoms with Crippen LogP contribution in [0.3, 0.4) is 0 Å². The predicted octanol–water partition coefficient (Wildman–Crippen LogP) is 4.04. The van der Waals surface area contributed by atoms with E-state index in [1.54, 1.807) is 0 Å². The molecule has 1 rings (SSSR count). The molecule has 0 aromatic carbocycles. The number of ketones is 1. The summed E-state index contributed by atoms with van der Waals surface area (Å²) in [6.45, 7) is 13.9. The Morgan fingerprint density at radius 3 is 2.50 bits per heavy atom. The molecular weight excluding hydrogens is 248 g/mol. The Labute approximate surface area is 123 Å².